The molecule has 1 aliphatic rings. The average molecular weight is 633 g/mol. The Morgan fingerprint density at radius 3 is 2.26 bits per heavy atom. The molecular weight excluding hydrogens is 592 g/mol. The first-order valence-corrected chi connectivity index (χ1v) is 15.0. The van der Waals surface area contributed by atoms with Gasteiger partial charge in [-0.05, 0) is 69.2 Å². The molecule has 13 heteroatoms. The molecule has 4 amide bonds. The van der Waals surface area contributed by atoms with Crippen molar-refractivity contribution in [2.24, 2.45) is 5.73 Å². The van der Waals surface area contributed by atoms with Crippen LogP contribution >= 0.6 is 0 Å². The lowest BCUT2D eigenvalue weighted by molar-refractivity contribution is -0.137. The van der Waals surface area contributed by atoms with Gasteiger partial charge in [-0.2, -0.15) is 0 Å². The fraction of sp³-hybridized carbons (Fsp3) is 0.333. The van der Waals surface area contributed by atoms with Crippen molar-refractivity contribution >= 4 is 47.2 Å². The third-order valence-corrected chi connectivity index (χ3v) is 7.15. The van der Waals surface area contributed by atoms with Crippen LogP contribution in [0.5, 0.6) is 11.5 Å². The molecule has 2 aromatic rings. The van der Waals surface area contributed by atoms with E-state index in [0.717, 1.165) is 10.6 Å². The summed E-state index contributed by atoms with van der Waals surface area (Å²) in [5.74, 6) is -1.59. The van der Waals surface area contributed by atoms with Crippen LogP contribution in [0.3, 0.4) is 0 Å². The molecule has 0 spiro atoms. The fourth-order valence-electron chi connectivity index (χ4n) is 4.51. The standard InChI is InChI=1S/C33H40N6O7/c1-3-38(19-17-37-28(41)6-4-5-16-36-29(42)15-18-39-30(43)13-14-31(39)44)25-10-7-24(27(40)21-25)20-22(2)33(45)46-26-11-8-23(9-12-26)32(34)35/h7-14,20-21,40H,3-6,15-19H2,1-2H3,(H3,34,35)(H,36,42)(H,37,41)/b22-20+. The first-order chi connectivity index (χ1) is 22.0. The Bertz CT molecular complexity index is 1500. The Hall–Kier alpha value is -5.46. The Morgan fingerprint density at radius 2 is 1.63 bits per heavy atom. The maximum atomic E-state index is 12.5. The second kappa shape index (κ2) is 17.1. The molecule has 0 radical (unpaired) electrons. The normalized spacial score (nSPS) is 12.7. The summed E-state index contributed by atoms with van der Waals surface area (Å²) in [4.78, 5) is 62.8. The number of aromatic hydroxyl groups is 1. The molecule has 2 aromatic carbocycles. The Kier molecular flexibility index (Phi) is 13.0. The second-order valence-corrected chi connectivity index (χ2v) is 10.5. The number of imide groups is 1. The van der Waals surface area contributed by atoms with Crippen molar-refractivity contribution in [1.82, 2.24) is 15.5 Å². The molecule has 1 heterocycles. The lowest BCUT2D eigenvalue weighted by Gasteiger charge is -2.24. The van der Waals surface area contributed by atoms with E-state index in [1.165, 1.54) is 18.2 Å². The van der Waals surface area contributed by atoms with Crippen LogP contribution < -0.4 is 26.0 Å². The molecule has 1 aliphatic heterocycles. The largest absolute Gasteiger partial charge is 0.507 e. The quantitative estimate of drug-likeness (QED) is 0.0330. The zero-order chi connectivity index (χ0) is 33.6. The predicted octanol–water partition coefficient (Wildman–Crippen LogP) is 2.23. The van der Waals surface area contributed by atoms with Crippen LogP contribution in [0.15, 0.2) is 60.2 Å². The molecule has 46 heavy (non-hydrogen) atoms. The molecule has 0 bridgehead atoms. The Labute approximate surface area is 267 Å². The lowest BCUT2D eigenvalue weighted by atomic mass is 10.1. The number of unbranched alkanes of at least 4 members (excludes halogenated alkanes) is 1. The molecule has 0 saturated heterocycles. The molecule has 0 fully saturated rings. The number of anilines is 1. The third-order valence-electron chi connectivity index (χ3n) is 7.15. The van der Waals surface area contributed by atoms with Gasteiger partial charge in [0, 0.05) is 86.2 Å². The lowest BCUT2D eigenvalue weighted by Crippen LogP contribution is -2.35. The van der Waals surface area contributed by atoms with Gasteiger partial charge in [0.1, 0.15) is 17.3 Å². The number of nitrogen functional groups attached to an aromatic ring is 1. The summed E-state index contributed by atoms with van der Waals surface area (Å²) >= 11 is 0. The first-order valence-electron chi connectivity index (χ1n) is 15.0. The van der Waals surface area contributed by atoms with Crippen LogP contribution in [0.25, 0.3) is 6.08 Å². The number of amidine groups is 1. The SMILES string of the molecule is CCN(CCNC(=O)CCCCNC(=O)CCN1C(=O)C=CC1=O)c1ccc(/C=C(\C)C(=O)Oc2ccc(C(=N)N)cc2)c(O)c1. The molecule has 0 aliphatic carbocycles. The van der Waals surface area contributed by atoms with Crippen molar-refractivity contribution < 1.29 is 33.8 Å². The number of esters is 1. The average Bonchev–Trinajstić information content (AvgIpc) is 3.35. The van der Waals surface area contributed by atoms with E-state index in [-0.39, 0.29) is 41.9 Å². The number of nitrogens with one attached hydrogen (secondary N) is 3. The number of amides is 4. The first kappa shape index (κ1) is 35.0. The number of carbonyl (C=O) groups is 5. The number of phenols is 1. The van der Waals surface area contributed by atoms with Crippen LogP contribution in [0.2, 0.25) is 0 Å². The highest BCUT2D eigenvalue weighted by Crippen LogP contribution is 2.27. The minimum absolute atomic E-state index is 0.0138. The summed E-state index contributed by atoms with van der Waals surface area (Å²) in [7, 11) is 0. The zero-order valence-electron chi connectivity index (χ0n) is 26.0. The Balaban J connectivity index is 1.36. The summed E-state index contributed by atoms with van der Waals surface area (Å²) < 4.78 is 5.36. The molecule has 244 valence electrons. The summed E-state index contributed by atoms with van der Waals surface area (Å²) in [6, 6.07) is 11.4. The van der Waals surface area contributed by atoms with Gasteiger partial charge in [-0.15, -0.1) is 0 Å². The maximum absolute atomic E-state index is 12.5. The van der Waals surface area contributed by atoms with Crippen LogP contribution in [0.4, 0.5) is 5.69 Å². The summed E-state index contributed by atoms with van der Waals surface area (Å²) in [6.07, 6.45) is 5.41. The number of rotatable bonds is 17. The van der Waals surface area contributed by atoms with E-state index in [2.05, 4.69) is 10.6 Å². The molecule has 3 rings (SSSR count). The third kappa shape index (κ3) is 10.6. The number of hydrogen-bond acceptors (Lipinski definition) is 9. The van der Waals surface area contributed by atoms with E-state index in [1.807, 2.05) is 17.9 Å². The molecule has 6 N–H and O–H groups in total. The number of phenolic OH excluding ortho intramolecular Hbond substituents is 1. The van der Waals surface area contributed by atoms with E-state index >= 15 is 0 Å². The molecule has 0 atom stereocenters. The number of hydrogen-bond donors (Lipinski definition) is 5. The molecule has 0 aromatic heterocycles. The number of carbonyl (C=O) groups excluding carboxylic acids is 5. The van der Waals surface area contributed by atoms with Gasteiger partial charge in [0.2, 0.25) is 11.8 Å². The van der Waals surface area contributed by atoms with Crippen molar-refractivity contribution in [3.63, 3.8) is 0 Å². The van der Waals surface area contributed by atoms with Gasteiger partial charge in [0.05, 0.1) is 0 Å². The highest BCUT2D eigenvalue weighted by atomic mass is 16.5. The van der Waals surface area contributed by atoms with Crippen LogP contribution in [-0.2, 0) is 24.0 Å². The van der Waals surface area contributed by atoms with Crippen molar-refractivity contribution in [2.45, 2.75) is 39.5 Å². The topological polar surface area (TPSA) is 195 Å². The molecule has 13 nitrogen and oxygen atoms in total. The summed E-state index contributed by atoms with van der Waals surface area (Å²) in [6.45, 7) is 5.51. The highest BCUT2D eigenvalue weighted by Gasteiger charge is 2.23. The van der Waals surface area contributed by atoms with E-state index in [9.17, 15) is 29.1 Å². The monoisotopic (exact) mass is 632 g/mol. The van der Waals surface area contributed by atoms with Crippen molar-refractivity contribution in [2.75, 3.05) is 37.6 Å². The van der Waals surface area contributed by atoms with Crippen molar-refractivity contribution in [1.29, 1.82) is 5.41 Å². The maximum Gasteiger partial charge on any atom is 0.339 e. The molecular formula is C33H40N6O7. The van der Waals surface area contributed by atoms with E-state index in [1.54, 1.807) is 43.3 Å². The predicted molar refractivity (Wildman–Crippen MR) is 173 cm³/mol. The second-order valence-electron chi connectivity index (χ2n) is 10.5. The van der Waals surface area contributed by atoms with Crippen LogP contribution in [0.1, 0.15) is 50.7 Å². The number of benzene rings is 2. The van der Waals surface area contributed by atoms with Gasteiger partial charge in [0.15, 0.2) is 0 Å². The van der Waals surface area contributed by atoms with Gasteiger partial charge in [0.25, 0.3) is 11.8 Å². The minimum Gasteiger partial charge on any atom is -0.507 e. The number of ether oxygens (including phenoxy) is 1. The van der Waals surface area contributed by atoms with Gasteiger partial charge in [-0.3, -0.25) is 29.5 Å². The van der Waals surface area contributed by atoms with E-state index < -0.39 is 17.8 Å². The van der Waals surface area contributed by atoms with Gasteiger partial charge in [-0.1, -0.05) is 0 Å². The van der Waals surface area contributed by atoms with Crippen molar-refractivity contribution in [3.05, 3.63) is 71.3 Å². The van der Waals surface area contributed by atoms with Gasteiger partial charge < -0.3 is 31.1 Å². The summed E-state index contributed by atoms with van der Waals surface area (Å²) in [5.41, 5.74) is 7.43. The molecule has 0 saturated carbocycles. The zero-order valence-corrected chi connectivity index (χ0v) is 26.0. The van der Waals surface area contributed by atoms with Gasteiger partial charge in [-0.25, -0.2) is 4.79 Å². The highest BCUT2D eigenvalue weighted by molar-refractivity contribution is 6.13. The number of nitrogens with zero attached hydrogens (tertiary/aromatic N) is 2. The van der Waals surface area contributed by atoms with Gasteiger partial charge >= 0.3 is 5.97 Å². The number of nitrogens with two attached hydrogens (primary N) is 1. The Morgan fingerprint density at radius 1 is 0.978 bits per heavy atom. The van der Waals surface area contributed by atoms with Crippen LogP contribution in [0, 0.1) is 5.41 Å². The van der Waals surface area contributed by atoms with Crippen LogP contribution in [-0.4, -0.2) is 78.2 Å². The van der Waals surface area contributed by atoms with E-state index in [0.29, 0.717) is 62.3 Å². The minimum atomic E-state index is -0.585. The fourth-order valence-corrected chi connectivity index (χ4v) is 4.51. The molecule has 0 unspecified atom stereocenters. The van der Waals surface area contributed by atoms with Crippen molar-refractivity contribution in [3.8, 4) is 11.5 Å². The number of likely N-dealkylation sites (N-methyl/N-ethyl adjacent to an activating group) is 1. The van der Waals surface area contributed by atoms with E-state index in [4.69, 9.17) is 15.9 Å². The smallest absolute Gasteiger partial charge is 0.339 e. The summed E-state index contributed by atoms with van der Waals surface area (Å²) in [5, 5.41) is 23.7.